The highest BCUT2D eigenvalue weighted by Gasteiger charge is 2.31. The van der Waals surface area contributed by atoms with Gasteiger partial charge in [-0.05, 0) is 48.9 Å². The topological polar surface area (TPSA) is 90.4 Å². The highest BCUT2D eigenvalue weighted by atomic mass is 19.4. The van der Waals surface area contributed by atoms with Crippen molar-refractivity contribution in [1.82, 2.24) is 15.0 Å². The van der Waals surface area contributed by atoms with Crippen LogP contribution in [0, 0.1) is 6.92 Å². The third-order valence-electron chi connectivity index (χ3n) is 4.79. The fourth-order valence-corrected chi connectivity index (χ4v) is 3.25. The molecule has 176 valence electrons. The largest absolute Gasteiger partial charge is 0.573 e. The molecule has 0 saturated heterocycles. The van der Waals surface area contributed by atoms with Crippen LogP contribution in [-0.2, 0) is 0 Å². The van der Waals surface area contributed by atoms with Gasteiger partial charge in [-0.25, -0.2) is 4.98 Å². The van der Waals surface area contributed by atoms with Crippen molar-refractivity contribution in [3.05, 3.63) is 60.4 Å². The summed E-state index contributed by atoms with van der Waals surface area (Å²) in [5, 5.41) is 6.70. The summed E-state index contributed by atoms with van der Waals surface area (Å²) in [6, 6.07) is 10.9. The van der Waals surface area contributed by atoms with Gasteiger partial charge in [-0.1, -0.05) is 0 Å². The summed E-state index contributed by atoms with van der Waals surface area (Å²) in [5.74, 6) is 1.63. The lowest BCUT2D eigenvalue weighted by Gasteiger charge is -2.14. The van der Waals surface area contributed by atoms with Gasteiger partial charge in [0.25, 0.3) is 0 Å². The number of rotatable bonds is 7. The Morgan fingerprint density at radius 2 is 1.65 bits per heavy atom. The molecule has 0 radical (unpaired) electrons. The summed E-state index contributed by atoms with van der Waals surface area (Å²) in [6.45, 7) is 1.91. The standard InChI is InChI=1S/C23H20F3N5O3/c1-13-8-19(32-2)20(33-3)11-18(13)30-22-27-7-6-21(31-22)29-15-9-14-10-16(34-23(24,25)26)4-5-17(14)28-12-15/h4-12H,1-3H3,(H2,27,29,30,31). The Morgan fingerprint density at radius 1 is 0.882 bits per heavy atom. The minimum Gasteiger partial charge on any atom is -0.493 e. The zero-order chi connectivity index (χ0) is 24.3. The molecule has 0 bridgehead atoms. The molecular weight excluding hydrogens is 451 g/mol. The molecule has 0 amide bonds. The number of pyridine rings is 1. The van der Waals surface area contributed by atoms with Crippen LogP contribution in [0.2, 0.25) is 0 Å². The first-order chi connectivity index (χ1) is 16.2. The zero-order valence-electron chi connectivity index (χ0n) is 18.4. The fraction of sp³-hybridized carbons (Fsp3) is 0.174. The van der Waals surface area contributed by atoms with E-state index >= 15 is 0 Å². The van der Waals surface area contributed by atoms with Crippen LogP contribution in [0.1, 0.15) is 5.56 Å². The monoisotopic (exact) mass is 471 g/mol. The van der Waals surface area contributed by atoms with E-state index in [1.54, 1.807) is 44.8 Å². The van der Waals surface area contributed by atoms with Crippen LogP contribution in [0.4, 0.5) is 36.3 Å². The van der Waals surface area contributed by atoms with Crippen molar-refractivity contribution in [2.75, 3.05) is 24.9 Å². The molecule has 0 aliphatic rings. The Kier molecular flexibility index (Phi) is 6.26. The molecule has 2 N–H and O–H groups in total. The molecule has 0 unspecified atom stereocenters. The minimum atomic E-state index is -4.77. The van der Waals surface area contributed by atoms with Crippen molar-refractivity contribution in [3.63, 3.8) is 0 Å². The highest BCUT2D eigenvalue weighted by Crippen LogP contribution is 2.34. The van der Waals surface area contributed by atoms with Crippen LogP contribution in [0.15, 0.2) is 54.9 Å². The molecule has 0 saturated carbocycles. The summed E-state index contributed by atoms with van der Waals surface area (Å²) in [7, 11) is 3.11. The maximum atomic E-state index is 12.5. The normalized spacial score (nSPS) is 11.2. The van der Waals surface area contributed by atoms with Gasteiger partial charge in [-0.2, -0.15) is 4.98 Å². The maximum absolute atomic E-state index is 12.5. The number of alkyl halides is 3. The van der Waals surface area contributed by atoms with E-state index in [0.29, 0.717) is 39.9 Å². The Bertz CT molecular complexity index is 1330. The van der Waals surface area contributed by atoms with Crippen LogP contribution in [0.25, 0.3) is 10.9 Å². The average Bonchev–Trinajstić information content (AvgIpc) is 2.79. The molecule has 0 aliphatic heterocycles. The summed E-state index contributed by atoms with van der Waals surface area (Å²) in [6.07, 6.45) is -1.65. The molecule has 0 fully saturated rings. The van der Waals surface area contributed by atoms with Gasteiger partial charge < -0.3 is 24.8 Å². The third-order valence-corrected chi connectivity index (χ3v) is 4.79. The molecule has 2 aromatic heterocycles. The van der Waals surface area contributed by atoms with Gasteiger partial charge in [0.15, 0.2) is 11.5 Å². The lowest BCUT2D eigenvalue weighted by atomic mass is 10.1. The van der Waals surface area contributed by atoms with Crippen LogP contribution in [0.3, 0.4) is 0 Å². The third kappa shape index (κ3) is 5.37. The Hall–Kier alpha value is -4.28. The molecule has 34 heavy (non-hydrogen) atoms. The molecular formula is C23H20F3N5O3. The molecule has 11 heteroatoms. The maximum Gasteiger partial charge on any atom is 0.573 e. The van der Waals surface area contributed by atoms with Gasteiger partial charge >= 0.3 is 6.36 Å². The number of hydrogen-bond acceptors (Lipinski definition) is 8. The molecule has 0 spiro atoms. The van der Waals surface area contributed by atoms with Gasteiger partial charge in [0, 0.05) is 23.3 Å². The van der Waals surface area contributed by atoms with E-state index in [4.69, 9.17) is 9.47 Å². The van der Waals surface area contributed by atoms with Crippen LogP contribution in [-0.4, -0.2) is 35.5 Å². The highest BCUT2D eigenvalue weighted by molar-refractivity contribution is 5.83. The number of methoxy groups -OCH3 is 2. The van der Waals surface area contributed by atoms with Gasteiger partial charge in [0.1, 0.15) is 11.6 Å². The Labute approximate surface area is 192 Å². The second-order valence-corrected chi connectivity index (χ2v) is 7.16. The van der Waals surface area contributed by atoms with Gasteiger partial charge in [-0.15, -0.1) is 13.2 Å². The smallest absolute Gasteiger partial charge is 0.493 e. The predicted molar refractivity (Wildman–Crippen MR) is 121 cm³/mol. The van der Waals surface area contributed by atoms with Crippen LogP contribution >= 0.6 is 0 Å². The van der Waals surface area contributed by atoms with E-state index in [9.17, 15) is 13.2 Å². The second kappa shape index (κ2) is 9.30. The summed E-state index contributed by atoms with van der Waals surface area (Å²) >= 11 is 0. The molecule has 2 heterocycles. The average molecular weight is 471 g/mol. The van der Waals surface area contributed by atoms with Crippen molar-refractivity contribution in [2.45, 2.75) is 13.3 Å². The number of nitrogens with zero attached hydrogens (tertiary/aromatic N) is 3. The summed E-state index contributed by atoms with van der Waals surface area (Å²) in [5.41, 5.74) is 2.69. The van der Waals surface area contributed by atoms with Gasteiger partial charge in [-0.3, -0.25) is 4.98 Å². The summed E-state index contributed by atoms with van der Waals surface area (Å²) in [4.78, 5) is 12.9. The quantitative estimate of drug-likeness (QED) is 0.353. The number of fused-ring (bicyclic) bond motifs is 1. The number of anilines is 4. The van der Waals surface area contributed by atoms with Crippen molar-refractivity contribution in [3.8, 4) is 17.2 Å². The first kappa shape index (κ1) is 22.9. The summed E-state index contributed by atoms with van der Waals surface area (Å²) < 4.78 is 52.2. The van der Waals surface area contributed by atoms with Gasteiger partial charge in [0.2, 0.25) is 5.95 Å². The van der Waals surface area contributed by atoms with Crippen molar-refractivity contribution in [1.29, 1.82) is 0 Å². The van der Waals surface area contributed by atoms with Crippen LogP contribution < -0.4 is 24.8 Å². The van der Waals surface area contributed by atoms with E-state index in [1.165, 1.54) is 18.2 Å². The van der Waals surface area contributed by atoms with E-state index in [-0.39, 0.29) is 5.75 Å². The molecule has 0 aliphatic carbocycles. The minimum absolute atomic E-state index is 0.322. The fourth-order valence-electron chi connectivity index (χ4n) is 3.25. The van der Waals surface area contributed by atoms with Crippen molar-refractivity contribution < 1.29 is 27.4 Å². The molecule has 4 aromatic rings. The predicted octanol–water partition coefficient (Wildman–Crippen LogP) is 5.74. The number of aryl methyl sites for hydroxylation is 1. The Morgan fingerprint density at radius 3 is 2.38 bits per heavy atom. The number of ether oxygens (including phenoxy) is 3. The molecule has 2 aromatic carbocycles. The zero-order valence-corrected chi connectivity index (χ0v) is 18.4. The molecule has 8 nitrogen and oxygen atoms in total. The second-order valence-electron chi connectivity index (χ2n) is 7.16. The first-order valence-electron chi connectivity index (χ1n) is 9.99. The van der Waals surface area contributed by atoms with Crippen molar-refractivity contribution in [2.24, 2.45) is 0 Å². The number of nitrogens with one attached hydrogen (secondary N) is 2. The lowest BCUT2D eigenvalue weighted by Crippen LogP contribution is -2.17. The molecule has 4 rings (SSSR count). The lowest BCUT2D eigenvalue weighted by molar-refractivity contribution is -0.274. The van der Waals surface area contributed by atoms with E-state index in [2.05, 4.69) is 30.3 Å². The SMILES string of the molecule is COc1cc(C)c(Nc2nccc(Nc3cnc4ccc(OC(F)(F)F)cc4c3)n2)cc1OC. The van der Waals surface area contributed by atoms with Crippen molar-refractivity contribution >= 4 is 34.0 Å². The van der Waals surface area contributed by atoms with Gasteiger partial charge in [0.05, 0.1) is 31.6 Å². The number of benzene rings is 2. The van der Waals surface area contributed by atoms with E-state index in [0.717, 1.165) is 11.3 Å². The van der Waals surface area contributed by atoms with E-state index < -0.39 is 6.36 Å². The van der Waals surface area contributed by atoms with Crippen LogP contribution in [0.5, 0.6) is 17.2 Å². The first-order valence-corrected chi connectivity index (χ1v) is 9.99. The number of aromatic nitrogens is 3. The molecule has 0 atom stereocenters. The van der Waals surface area contributed by atoms with E-state index in [1.807, 2.05) is 13.0 Å². The Balaban J connectivity index is 1.55. The number of halogens is 3. The number of hydrogen-bond donors (Lipinski definition) is 2.